The third-order valence-corrected chi connectivity index (χ3v) is 4.32. The molecule has 1 aliphatic rings. The van der Waals surface area contributed by atoms with Gasteiger partial charge in [-0.2, -0.15) is 0 Å². The molecule has 0 atom stereocenters. The number of carbonyl (C=O) groups excluding carboxylic acids is 1. The Bertz CT molecular complexity index is 713. The van der Waals surface area contributed by atoms with Gasteiger partial charge in [-0.1, -0.05) is 0 Å². The third kappa shape index (κ3) is 3.91. The van der Waals surface area contributed by atoms with Crippen LogP contribution in [-0.4, -0.2) is 41.7 Å². The van der Waals surface area contributed by atoms with Crippen LogP contribution in [0.4, 0.5) is 11.4 Å². The van der Waals surface area contributed by atoms with E-state index in [2.05, 4.69) is 20.6 Å². The summed E-state index contributed by atoms with van der Waals surface area (Å²) >= 11 is 0. The van der Waals surface area contributed by atoms with Gasteiger partial charge < -0.3 is 21.1 Å². The Morgan fingerprint density at radius 2 is 1.92 bits per heavy atom. The second-order valence-electron chi connectivity index (χ2n) is 6.19. The predicted octanol–water partition coefficient (Wildman–Crippen LogP) is 1.70. The molecule has 1 aromatic carbocycles. The lowest BCUT2D eigenvalue weighted by molar-refractivity contribution is -0.125. The lowest BCUT2D eigenvalue weighted by atomic mass is 9.91. The molecular weight excluding hydrogens is 306 g/mol. The molecule has 2 aromatic rings. The minimum Gasteiger partial charge on any atom is -0.399 e. The monoisotopic (exact) mass is 329 g/mol. The number of hydrogen-bond acceptors (Lipinski definition) is 6. The van der Waals surface area contributed by atoms with E-state index in [1.807, 2.05) is 12.1 Å². The van der Waals surface area contributed by atoms with Crippen LogP contribution in [0.25, 0.3) is 11.0 Å². The summed E-state index contributed by atoms with van der Waals surface area (Å²) in [6.07, 6.45) is 7.20. The highest BCUT2D eigenvalue weighted by molar-refractivity contribution is 5.90. The van der Waals surface area contributed by atoms with Crippen molar-refractivity contribution in [2.45, 2.75) is 37.8 Å². The topological polar surface area (TPSA) is 102 Å². The number of hydrogen-bond donors (Lipinski definition) is 3. The summed E-state index contributed by atoms with van der Waals surface area (Å²) in [5.41, 5.74) is 9.19. The second-order valence-corrected chi connectivity index (χ2v) is 6.19. The Kier molecular flexibility index (Phi) is 5.10. The molecule has 1 fully saturated rings. The van der Waals surface area contributed by atoms with E-state index < -0.39 is 0 Å². The maximum Gasteiger partial charge on any atom is 0.246 e. The van der Waals surface area contributed by atoms with E-state index in [9.17, 15) is 4.79 Å². The number of nitrogen functional groups attached to an aromatic ring is 1. The fourth-order valence-corrected chi connectivity index (χ4v) is 3.21. The second kappa shape index (κ2) is 7.44. The normalized spacial score (nSPS) is 20.7. The standard InChI is InChI=1S/C17H23N5O2/c1-24-10-16(23)22-13-4-2-12(3-5-13)21-15-9-11(18)8-14-17(15)20-7-6-19-14/h6-9,12-13,21H,2-5,10,18H2,1H3,(H,22,23). The maximum atomic E-state index is 11.6. The summed E-state index contributed by atoms with van der Waals surface area (Å²) in [5, 5.41) is 6.55. The summed E-state index contributed by atoms with van der Waals surface area (Å²) in [6, 6.07) is 4.30. The largest absolute Gasteiger partial charge is 0.399 e. The van der Waals surface area contributed by atoms with Gasteiger partial charge in [0.25, 0.3) is 0 Å². The van der Waals surface area contributed by atoms with Crippen molar-refractivity contribution in [3.63, 3.8) is 0 Å². The molecule has 0 bridgehead atoms. The van der Waals surface area contributed by atoms with Crippen LogP contribution < -0.4 is 16.4 Å². The third-order valence-electron chi connectivity index (χ3n) is 4.32. The molecule has 1 aliphatic carbocycles. The highest BCUT2D eigenvalue weighted by Crippen LogP contribution is 2.27. The number of methoxy groups -OCH3 is 1. The van der Waals surface area contributed by atoms with Gasteiger partial charge in [-0.25, -0.2) is 0 Å². The van der Waals surface area contributed by atoms with Crippen LogP contribution in [0.1, 0.15) is 25.7 Å². The minimum absolute atomic E-state index is 0.0500. The summed E-state index contributed by atoms with van der Waals surface area (Å²) in [6.45, 7) is 0.117. The van der Waals surface area contributed by atoms with Crippen molar-refractivity contribution in [3.8, 4) is 0 Å². The predicted molar refractivity (Wildman–Crippen MR) is 93.6 cm³/mol. The van der Waals surface area contributed by atoms with Gasteiger partial charge in [0.15, 0.2) is 0 Å². The van der Waals surface area contributed by atoms with Crippen molar-refractivity contribution >= 4 is 28.3 Å². The molecule has 1 heterocycles. The van der Waals surface area contributed by atoms with Gasteiger partial charge in [0.2, 0.25) is 5.91 Å². The van der Waals surface area contributed by atoms with E-state index in [1.165, 1.54) is 7.11 Å². The Morgan fingerprint density at radius 1 is 1.21 bits per heavy atom. The molecule has 0 saturated heterocycles. The average Bonchev–Trinajstić information content (AvgIpc) is 2.57. The summed E-state index contributed by atoms with van der Waals surface area (Å²) < 4.78 is 4.85. The Morgan fingerprint density at radius 3 is 2.67 bits per heavy atom. The van der Waals surface area contributed by atoms with Crippen LogP contribution in [0.15, 0.2) is 24.5 Å². The number of fused-ring (bicyclic) bond motifs is 1. The molecule has 24 heavy (non-hydrogen) atoms. The molecule has 1 amide bonds. The lowest BCUT2D eigenvalue weighted by Gasteiger charge is -2.30. The van der Waals surface area contributed by atoms with E-state index >= 15 is 0 Å². The molecule has 1 saturated carbocycles. The van der Waals surface area contributed by atoms with Crippen LogP contribution in [0.3, 0.4) is 0 Å². The first-order valence-electron chi connectivity index (χ1n) is 8.21. The van der Waals surface area contributed by atoms with Gasteiger partial charge >= 0.3 is 0 Å². The van der Waals surface area contributed by atoms with Gasteiger partial charge in [-0.3, -0.25) is 14.8 Å². The molecule has 0 unspecified atom stereocenters. The summed E-state index contributed by atoms with van der Waals surface area (Å²) in [4.78, 5) is 20.3. The summed E-state index contributed by atoms with van der Waals surface area (Å²) in [5.74, 6) is -0.0500. The zero-order chi connectivity index (χ0) is 16.9. The minimum atomic E-state index is -0.0500. The highest BCUT2D eigenvalue weighted by Gasteiger charge is 2.23. The molecule has 0 spiro atoms. The number of rotatable bonds is 5. The van der Waals surface area contributed by atoms with Gasteiger partial charge in [-0.05, 0) is 37.8 Å². The fourth-order valence-electron chi connectivity index (χ4n) is 3.21. The fraction of sp³-hybridized carbons (Fsp3) is 0.471. The Hall–Kier alpha value is -2.41. The van der Waals surface area contributed by atoms with Crippen molar-refractivity contribution in [1.29, 1.82) is 0 Å². The van der Waals surface area contributed by atoms with Crippen molar-refractivity contribution < 1.29 is 9.53 Å². The first-order chi connectivity index (χ1) is 11.7. The number of nitrogens with two attached hydrogens (primary N) is 1. The Labute approximate surface area is 141 Å². The van der Waals surface area contributed by atoms with Crippen molar-refractivity contribution in [2.24, 2.45) is 0 Å². The van der Waals surface area contributed by atoms with Gasteiger partial charge in [0, 0.05) is 37.3 Å². The first kappa shape index (κ1) is 16.4. The van der Waals surface area contributed by atoms with Gasteiger partial charge in [0.05, 0.1) is 11.2 Å². The van der Waals surface area contributed by atoms with Gasteiger partial charge in [0.1, 0.15) is 12.1 Å². The smallest absolute Gasteiger partial charge is 0.246 e. The van der Waals surface area contributed by atoms with Crippen LogP contribution in [0, 0.1) is 0 Å². The van der Waals surface area contributed by atoms with Crippen LogP contribution in [-0.2, 0) is 9.53 Å². The van der Waals surface area contributed by atoms with Crippen LogP contribution in [0.2, 0.25) is 0 Å². The molecule has 3 rings (SSSR count). The van der Waals surface area contributed by atoms with Crippen molar-refractivity contribution in [1.82, 2.24) is 15.3 Å². The molecule has 128 valence electrons. The van der Waals surface area contributed by atoms with Crippen molar-refractivity contribution in [3.05, 3.63) is 24.5 Å². The number of anilines is 2. The molecule has 4 N–H and O–H groups in total. The number of nitrogens with zero attached hydrogens (tertiary/aromatic N) is 2. The zero-order valence-corrected chi connectivity index (χ0v) is 13.8. The summed E-state index contributed by atoms with van der Waals surface area (Å²) in [7, 11) is 1.53. The molecule has 0 radical (unpaired) electrons. The SMILES string of the molecule is COCC(=O)NC1CCC(Nc2cc(N)cc3nccnc23)CC1. The molecular formula is C17H23N5O2. The van der Waals surface area contributed by atoms with E-state index in [4.69, 9.17) is 10.5 Å². The lowest BCUT2D eigenvalue weighted by Crippen LogP contribution is -2.41. The van der Waals surface area contributed by atoms with Crippen LogP contribution in [0.5, 0.6) is 0 Å². The number of amides is 1. The molecule has 0 aliphatic heterocycles. The van der Waals surface area contributed by atoms with Gasteiger partial charge in [-0.15, -0.1) is 0 Å². The Balaban J connectivity index is 1.61. The molecule has 7 heteroatoms. The molecule has 1 aromatic heterocycles. The number of carbonyl (C=O) groups is 1. The molecule has 7 nitrogen and oxygen atoms in total. The highest BCUT2D eigenvalue weighted by atomic mass is 16.5. The van der Waals surface area contributed by atoms with E-state index in [0.29, 0.717) is 11.7 Å². The van der Waals surface area contributed by atoms with E-state index in [-0.39, 0.29) is 18.6 Å². The van der Waals surface area contributed by atoms with E-state index in [0.717, 1.165) is 42.4 Å². The number of benzene rings is 1. The van der Waals surface area contributed by atoms with Crippen molar-refractivity contribution in [2.75, 3.05) is 24.8 Å². The quantitative estimate of drug-likeness (QED) is 0.722. The number of ether oxygens (including phenoxy) is 1. The van der Waals surface area contributed by atoms with Crippen LogP contribution >= 0.6 is 0 Å². The maximum absolute atomic E-state index is 11.6. The number of nitrogens with one attached hydrogen (secondary N) is 2. The number of aromatic nitrogens is 2. The first-order valence-corrected chi connectivity index (χ1v) is 8.21. The zero-order valence-electron chi connectivity index (χ0n) is 13.8. The van der Waals surface area contributed by atoms with E-state index in [1.54, 1.807) is 12.4 Å². The average molecular weight is 329 g/mol.